The Morgan fingerprint density at radius 1 is 1.17 bits per heavy atom. The van der Waals surface area contributed by atoms with Crippen LogP contribution in [0.3, 0.4) is 0 Å². The fourth-order valence-corrected chi connectivity index (χ4v) is 9.53. The second-order valence-corrected chi connectivity index (χ2v) is 16.1. The third-order valence-electron chi connectivity index (χ3n) is 10.5. The number of phenols is 1. The van der Waals surface area contributed by atoms with Crippen LogP contribution in [0.2, 0.25) is 0 Å². The number of ether oxygens (including phenoxy) is 2. The summed E-state index contributed by atoms with van der Waals surface area (Å²) in [6.45, 7) is 4.84. The first kappa shape index (κ1) is 31.3. The molecule has 0 bridgehead atoms. The zero-order valence-electron chi connectivity index (χ0n) is 27.1. The molecule has 0 amide bonds. The molecule has 0 radical (unpaired) electrons. The summed E-state index contributed by atoms with van der Waals surface area (Å²) in [5.41, 5.74) is 0.893. The maximum atomic E-state index is 15.1. The van der Waals surface area contributed by atoms with E-state index in [0.717, 1.165) is 45.3 Å². The molecule has 1 saturated carbocycles. The number of anilines is 1. The number of aromatic hydroxyl groups is 1. The number of rotatable bonds is 8. The van der Waals surface area contributed by atoms with Gasteiger partial charge in [0.25, 0.3) is 10.0 Å². The molecule has 2 N–H and O–H groups in total. The molecule has 2 aromatic carbocycles. The minimum atomic E-state index is -4.30. The number of nitrogens with zero attached hydrogens (tertiary/aromatic N) is 5. The average Bonchev–Trinajstić information content (AvgIpc) is 3.77. The Bertz CT molecular complexity index is 1990. The molecule has 4 aliphatic heterocycles. The van der Waals surface area contributed by atoms with Gasteiger partial charge < -0.3 is 29.7 Å². The van der Waals surface area contributed by atoms with Crippen LogP contribution in [-0.4, -0.2) is 105 Å². The number of hydrogen-bond acceptors (Lipinski definition) is 10. The van der Waals surface area contributed by atoms with Crippen molar-refractivity contribution in [1.29, 1.82) is 0 Å². The molecule has 4 fully saturated rings. The first-order valence-electron chi connectivity index (χ1n) is 16.4. The molecule has 48 heavy (non-hydrogen) atoms. The van der Waals surface area contributed by atoms with Crippen molar-refractivity contribution in [3.63, 3.8) is 0 Å². The maximum absolute atomic E-state index is 15.1. The van der Waals surface area contributed by atoms with Gasteiger partial charge in [-0.1, -0.05) is 12.0 Å². The number of aromatic nitrogens is 2. The van der Waals surface area contributed by atoms with Crippen LogP contribution in [0.1, 0.15) is 42.5 Å². The van der Waals surface area contributed by atoms with Gasteiger partial charge in [0.15, 0.2) is 10.7 Å². The van der Waals surface area contributed by atoms with Crippen LogP contribution in [0, 0.1) is 29.0 Å². The molecular weight excluding hydrogens is 635 g/mol. The molecule has 252 valence electrons. The summed E-state index contributed by atoms with van der Waals surface area (Å²) >= 11 is 0. The van der Waals surface area contributed by atoms with Crippen molar-refractivity contribution in [3.8, 4) is 24.1 Å². The molecule has 11 nitrogen and oxygen atoms in total. The minimum absolute atomic E-state index is 0.00192. The van der Waals surface area contributed by atoms with E-state index in [1.165, 1.54) is 28.6 Å². The van der Waals surface area contributed by atoms with Crippen molar-refractivity contribution in [3.05, 3.63) is 46.9 Å². The number of halogens is 1. The van der Waals surface area contributed by atoms with Crippen molar-refractivity contribution >= 4 is 38.4 Å². The lowest BCUT2D eigenvalue weighted by molar-refractivity contribution is -0.0230. The van der Waals surface area contributed by atoms with Crippen molar-refractivity contribution in [2.75, 3.05) is 71.5 Å². The van der Waals surface area contributed by atoms with Gasteiger partial charge in [-0.3, -0.25) is 4.31 Å². The molecule has 1 spiro atoms. The molecular formula is C35H39FN6O5S. The minimum Gasteiger partial charge on any atom is -0.508 e. The number of piperidine rings is 1. The highest BCUT2D eigenvalue weighted by Gasteiger charge is 2.48. The van der Waals surface area contributed by atoms with E-state index in [1.807, 2.05) is 19.0 Å². The Kier molecular flexibility index (Phi) is 7.37. The first-order valence-corrected chi connectivity index (χ1v) is 17.9. The van der Waals surface area contributed by atoms with E-state index >= 15 is 4.39 Å². The zero-order chi connectivity index (χ0) is 33.4. The fourth-order valence-electron chi connectivity index (χ4n) is 7.63. The third-order valence-corrected chi connectivity index (χ3v) is 12.5. The highest BCUT2D eigenvalue weighted by atomic mass is 32.2. The van der Waals surface area contributed by atoms with Gasteiger partial charge in [-0.2, -0.15) is 9.97 Å². The second kappa shape index (κ2) is 11.3. The summed E-state index contributed by atoms with van der Waals surface area (Å²) in [5.74, 6) is 2.03. The highest BCUT2D eigenvalue weighted by Crippen LogP contribution is 2.48. The van der Waals surface area contributed by atoms with Crippen LogP contribution in [0.4, 0.5) is 10.2 Å². The van der Waals surface area contributed by atoms with E-state index in [-0.39, 0.29) is 63.2 Å². The lowest BCUT2D eigenvalue weighted by atomic mass is 9.73. The monoisotopic (exact) mass is 674 g/mol. The number of benzene rings is 2. The molecule has 0 unspecified atom stereocenters. The lowest BCUT2D eigenvalue weighted by Gasteiger charge is -2.49. The Hall–Kier alpha value is -3.96. The second-order valence-electron chi connectivity index (χ2n) is 14.3. The molecule has 3 aromatic rings. The van der Waals surface area contributed by atoms with E-state index in [9.17, 15) is 13.5 Å². The van der Waals surface area contributed by atoms with Gasteiger partial charge in [0.2, 0.25) is 0 Å². The number of nitrogens with one attached hydrogen (secondary N) is 1. The molecule has 8 rings (SSSR count). The van der Waals surface area contributed by atoms with E-state index in [0.29, 0.717) is 36.3 Å². The summed E-state index contributed by atoms with van der Waals surface area (Å²) < 4.78 is 58.2. The van der Waals surface area contributed by atoms with Crippen LogP contribution in [0.25, 0.3) is 22.5 Å². The topological polar surface area (TPSA) is 120 Å². The van der Waals surface area contributed by atoms with Gasteiger partial charge in [-0.25, -0.2) is 12.8 Å². The number of sulfonamides is 1. The van der Waals surface area contributed by atoms with Crippen LogP contribution < -0.4 is 15.0 Å². The Morgan fingerprint density at radius 2 is 1.92 bits per heavy atom. The van der Waals surface area contributed by atoms with Gasteiger partial charge in [-0.05, 0) is 74.9 Å². The molecule has 5 heterocycles. The highest BCUT2D eigenvalue weighted by molar-refractivity contribution is 7.89. The van der Waals surface area contributed by atoms with E-state index < -0.39 is 21.9 Å². The van der Waals surface area contributed by atoms with E-state index in [1.54, 1.807) is 6.08 Å². The Balaban J connectivity index is 1.31. The van der Waals surface area contributed by atoms with Crippen LogP contribution in [-0.2, 0) is 14.8 Å². The van der Waals surface area contributed by atoms with Gasteiger partial charge in [0.1, 0.15) is 11.6 Å². The number of phenolic OH excluding ortho intramolecular Hbond substituents is 1. The lowest BCUT2D eigenvalue weighted by Crippen LogP contribution is -2.58. The van der Waals surface area contributed by atoms with Crippen molar-refractivity contribution in [2.45, 2.75) is 36.6 Å². The maximum Gasteiger partial charge on any atom is 0.319 e. The standard InChI is InChI=1S/C35H39FN6O5S/c1-4-25-27(36)6-5-22-13-24(43)14-26(30(22)25)29-15-28-31(48(44,45)42(29)23-16-46-17-23)32(41-11-9-34(10-12-41)18-37-19-34)39-33(38-28)47-21-35(7-8-35)20-40(2)3/h1,5-6,13-15,23,37,43H,7-12,16-21H2,2-3H3. The quantitative estimate of drug-likeness (QED) is 0.345. The summed E-state index contributed by atoms with van der Waals surface area (Å²) in [4.78, 5) is 13.8. The van der Waals surface area contributed by atoms with Crippen molar-refractivity contribution in [1.82, 2.24) is 24.5 Å². The normalized spacial score (nSPS) is 22.1. The van der Waals surface area contributed by atoms with Gasteiger partial charge in [0.05, 0.1) is 42.8 Å². The van der Waals surface area contributed by atoms with E-state index in [2.05, 4.69) is 16.1 Å². The Labute approximate surface area is 279 Å². The van der Waals surface area contributed by atoms with Crippen molar-refractivity contribution < 1.29 is 27.4 Å². The van der Waals surface area contributed by atoms with E-state index in [4.69, 9.17) is 25.9 Å². The van der Waals surface area contributed by atoms with Crippen molar-refractivity contribution in [2.24, 2.45) is 10.8 Å². The predicted molar refractivity (Wildman–Crippen MR) is 180 cm³/mol. The third kappa shape index (κ3) is 5.17. The van der Waals surface area contributed by atoms with Gasteiger partial charge in [0, 0.05) is 49.1 Å². The van der Waals surface area contributed by atoms with Crippen LogP contribution in [0.5, 0.6) is 11.8 Å². The number of hydrogen-bond donors (Lipinski definition) is 2. The predicted octanol–water partition coefficient (Wildman–Crippen LogP) is 3.27. The zero-order valence-corrected chi connectivity index (χ0v) is 27.9. The Morgan fingerprint density at radius 3 is 2.52 bits per heavy atom. The molecule has 1 aromatic heterocycles. The van der Waals surface area contributed by atoms with Crippen LogP contribution in [0.15, 0.2) is 29.2 Å². The number of terminal acetylenes is 1. The largest absolute Gasteiger partial charge is 0.508 e. The fraction of sp³-hybridized carbons (Fsp3) is 0.486. The first-order chi connectivity index (χ1) is 23.0. The summed E-state index contributed by atoms with van der Waals surface area (Å²) in [7, 11) is -0.229. The summed E-state index contributed by atoms with van der Waals surface area (Å²) in [6, 6.07) is 5.25. The molecule has 3 saturated heterocycles. The van der Waals surface area contributed by atoms with Gasteiger partial charge >= 0.3 is 6.01 Å². The van der Waals surface area contributed by atoms with Crippen LogP contribution >= 0.6 is 0 Å². The van der Waals surface area contributed by atoms with Gasteiger partial charge in [-0.15, -0.1) is 6.42 Å². The SMILES string of the molecule is C#Cc1c(F)ccc2cc(O)cc(C3=Cc4nc(OCC5(CN(C)C)CC5)nc(N5CCC6(CC5)CNC6)c4S(=O)(=O)N3C3COC3)c12. The molecule has 0 atom stereocenters. The molecule has 13 heteroatoms. The number of fused-ring (bicyclic) bond motifs is 2. The molecule has 1 aliphatic carbocycles. The summed E-state index contributed by atoms with van der Waals surface area (Å²) in [5, 5.41) is 15.0. The average molecular weight is 675 g/mol. The molecule has 5 aliphatic rings. The smallest absolute Gasteiger partial charge is 0.319 e. The summed E-state index contributed by atoms with van der Waals surface area (Å²) in [6.07, 6.45) is 11.4.